The Balaban J connectivity index is 1.76. The Morgan fingerprint density at radius 2 is 1.63 bits per heavy atom. The predicted molar refractivity (Wildman–Crippen MR) is 125 cm³/mol. The zero-order valence-electron chi connectivity index (χ0n) is 17.7. The van der Waals surface area contributed by atoms with Crippen LogP contribution in [0.1, 0.15) is 21.5 Å². The van der Waals surface area contributed by atoms with Crippen molar-refractivity contribution < 1.29 is 4.79 Å². The first kappa shape index (κ1) is 19.6. The van der Waals surface area contributed by atoms with E-state index in [0.717, 1.165) is 39.1 Å². The van der Waals surface area contributed by atoms with Gasteiger partial charge < -0.3 is 10.2 Å². The Kier molecular flexibility index (Phi) is 5.23. The van der Waals surface area contributed by atoms with Gasteiger partial charge in [-0.25, -0.2) is 4.98 Å². The maximum Gasteiger partial charge on any atom is 0.256 e. The fourth-order valence-electron chi connectivity index (χ4n) is 3.64. The van der Waals surface area contributed by atoms with Crippen molar-refractivity contribution in [2.75, 3.05) is 24.3 Å². The van der Waals surface area contributed by atoms with E-state index in [1.54, 1.807) is 0 Å². The molecule has 150 valence electrons. The van der Waals surface area contributed by atoms with Crippen molar-refractivity contribution in [3.8, 4) is 11.3 Å². The summed E-state index contributed by atoms with van der Waals surface area (Å²) in [6, 6.07) is 23.8. The van der Waals surface area contributed by atoms with Crippen LogP contribution >= 0.6 is 0 Å². The molecule has 0 atom stereocenters. The fourth-order valence-corrected chi connectivity index (χ4v) is 3.64. The lowest BCUT2D eigenvalue weighted by atomic mass is 9.99. The van der Waals surface area contributed by atoms with Crippen molar-refractivity contribution in [2.45, 2.75) is 13.8 Å². The molecular weight excluding hydrogens is 370 g/mol. The molecule has 0 unspecified atom stereocenters. The molecule has 0 saturated carbocycles. The zero-order valence-corrected chi connectivity index (χ0v) is 17.7. The Bertz CT molecular complexity index is 1230. The first-order chi connectivity index (χ1) is 14.4. The molecule has 0 saturated heterocycles. The van der Waals surface area contributed by atoms with E-state index in [9.17, 15) is 4.79 Å². The van der Waals surface area contributed by atoms with Crippen LogP contribution in [0.2, 0.25) is 0 Å². The fraction of sp³-hybridized carbons (Fsp3) is 0.154. The number of benzene rings is 3. The number of aryl methyl sites for hydroxylation is 2. The lowest BCUT2D eigenvalue weighted by Crippen LogP contribution is -2.13. The van der Waals surface area contributed by atoms with E-state index in [-0.39, 0.29) is 5.91 Å². The van der Waals surface area contributed by atoms with Crippen molar-refractivity contribution in [2.24, 2.45) is 0 Å². The second-order valence-corrected chi connectivity index (χ2v) is 7.79. The largest absolute Gasteiger partial charge is 0.378 e. The summed E-state index contributed by atoms with van der Waals surface area (Å²) < 4.78 is 0. The van der Waals surface area contributed by atoms with Crippen LogP contribution in [0.15, 0.2) is 72.8 Å². The molecule has 0 aliphatic heterocycles. The Morgan fingerprint density at radius 1 is 0.900 bits per heavy atom. The van der Waals surface area contributed by atoms with Gasteiger partial charge in [0.05, 0.1) is 16.8 Å². The molecule has 4 aromatic rings. The summed E-state index contributed by atoms with van der Waals surface area (Å²) in [6.07, 6.45) is 0. The molecule has 1 amide bonds. The number of nitrogens with one attached hydrogen (secondary N) is 1. The molecule has 1 aromatic heterocycles. The van der Waals surface area contributed by atoms with Gasteiger partial charge in [-0.1, -0.05) is 42.0 Å². The highest BCUT2D eigenvalue weighted by molar-refractivity contribution is 6.13. The highest BCUT2D eigenvalue weighted by atomic mass is 16.1. The van der Waals surface area contributed by atoms with Crippen LogP contribution in [0.3, 0.4) is 0 Å². The third-order valence-electron chi connectivity index (χ3n) is 5.26. The number of carbonyl (C=O) groups excluding carboxylic acids is 1. The summed E-state index contributed by atoms with van der Waals surface area (Å²) in [5.41, 5.74) is 7.46. The van der Waals surface area contributed by atoms with Crippen LogP contribution in [0.5, 0.6) is 0 Å². The van der Waals surface area contributed by atoms with Crippen LogP contribution in [0.4, 0.5) is 11.4 Å². The maximum atomic E-state index is 13.2. The summed E-state index contributed by atoms with van der Waals surface area (Å²) in [5.74, 6) is -0.141. The quantitative estimate of drug-likeness (QED) is 0.472. The molecular formula is C26H25N3O. The monoisotopic (exact) mass is 395 g/mol. The smallest absolute Gasteiger partial charge is 0.256 e. The molecule has 4 heteroatoms. The highest BCUT2D eigenvalue weighted by Gasteiger charge is 2.15. The molecule has 1 N–H and O–H groups in total. The summed E-state index contributed by atoms with van der Waals surface area (Å²) in [6.45, 7) is 4.15. The average Bonchev–Trinajstić information content (AvgIpc) is 2.73. The lowest BCUT2D eigenvalue weighted by molar-refractivity contribution is 0.102. The van der Waals surface area contributed by atoms with E-state index in [1.165, 1.54) is 5.56 Å². The number of aromatic nitrogens is 1. The van der Waals surface area contributed by atoms with E-state index in [1.807, 2.05) is 73.6 Å². The number of para-hydroxylation sites is 1. The van der Waals surface area contributed by atoms with Gasteiger partial charge in [-0.15, -0.1) is 0 Å². The van der Waals surface area contributed by atoms with Crippen LogP contribution < -0.4 is 10.2 Å². The SMILES string of the molecule is Cc1ccc(-c2cc(C(=O)Nc3ccc(N(C)C)cc3)c3ccccc3n2)c(C)c1. The number of rotatable bonds is 4. The first-order valence-electron chi connectivity index (χ1n) is 9.98. The number of amides is 1. The number of carbonyl (C=O) groups is 1. The summed E-state index contributed by atoms with van der Waals surface area (Å²) in [4.78, 5) is 20.1. The minimum Gasteiger partial charge on any atom is -0.378 e. The predicted octanol–water partition coefficient (Wildman–Crippen LogP) is 5.84. The van der Waals surface area contributed by atoms with Crippen LogP contribution in [0.25, 0.3) is 22.2 Å². The Hall–Kier alpha value is -3.66. The van der Waals surface area contributed by atoms with E-state index >= 15 is 0 Å². The van der Waals surface area contributed by atoms with E-state index in [0.29, 0.717) is 5.56 Å². The molecule has 4 rings (SSSR count). The van der Waals surface area contributed by atoms with Crippen molar-refractivity contribution in [3.63, 3.8) is 0 Å². The van der Waals surface area contributed by atoms with Crippen LogP contribution in [-0.4, -0.2) is 25.0 Å². The first-order valence-corrected chi connectivity index (χ1v) is 9.98. The molecule has 0 radical (unpaired) electrons. The standard InChI is InChI=1S/C26H25N3O/c1-17-9-14-21(18(2)15-17)25-16-23(22-7-5-6-8-24(22)28-25)26(30)27-19-10-12-20(13-11-19)29(3)4/h5-16H,1-4H3,(H,27,30). The normalized spacial score (nSPS) is 10.8. The van der Waals surface area contributed by atoms with Gasteiger partial charge >= 0.3 is 0 Å². The molecule has 0 aliphatic rings. The summed E-state index contributed by atoms with van der Waals surface area (Å²) in [7, 11) is 3.98. The number of anilines is 2. The molecule has 0 aliphatic carbocycles. The molecule has 1 heterocycles. The maximum absolute atomic E-state index is 13.2. The van der Waals surface area contributed by atoms with E-state index < -0.39 is 0 Å². The van der Waals surface area contributed by atoms with Gasteiger partial charge in [-0.05, 0) is 55.8 Å². The average molecular weight is 396 g/mol. The number of pyridine rings is 1. The third kappa shape index (κ3) is 3.90. The molecule has 3 aromatic carbocycles. The topological polar surface area (TPSA) is 45.2 Å². The Morgan fingerprint density at radius 3 is 2.33 bits per heavy atom. The lowest BCUT2D eigenvalue weighted by Gasteiger charge is -2.14. The summed E-state index contributed by atoms with van der Waals surface area (Å²) >= 11 is 0. The van der Waals surface area contributed by atoms with Crippen molar-refractivity contribution in [1.82, 2.24) is 4.98 Å². The highest BCUT2D eigenvalue weighted by Crippen LogP contribution is 2.28. The van der Waals surface area contributed by atoms with Gasteiger partial charge in [-0.2, -0.15) is 0 Å². The molecule has 30 heavy (non-hydrogen) atoms. The zero-order chi connectivity index (χ0) is 21.3. The van der Waals surface area contributed by atoms with Gasteiger partial charge in [0, 0.05) is 36.4 Å². The number of fused-ring (bicyclic) bond motifs is 1. The number of nitrogens with zero attached hydrogens (tertiary/aromatic N) is 2. The van der Waals surface area contributed by atoms with Gasteiger partial charge in [0.25, 0.3) is 5.91 Å². The Labute approximate surface area is 177 Å². The summed E-state index contributed by atoms with van der Waals surface area (Å²) in [5, 5.41) is 3.87. The van der Waals surface area contributed by atoms with Crippen LogP contribution in [0, 0.1) is 13.8 Å². The van der Waals surface area contributed by atoms with Crippen molar-refractivity contribution in [1.29, 1.82) is 0 Å². The number of hydrogen-bond acceptors (Lipinski definition) is 3. The molecule has 0 bridgehead atoms. The molecule has 4 nitrogen and oxygen atoms in total. The molecule has 0 spiro atoms. The van der Waals surface area contributed by atoms with Crippen molar-refractivity contribution in [3.05, 3.63) is 89.5 Å². The number of hydrogen-bond donors (Lipinski definition) is 1. The van der Waals surface area contributed by atoms with Gasteiger partial charge in [0.15, 0.2) is 0 Å². The van der Waals surface area contributed by atoms with E-state index in [4.69, 9.17) is 4.98 Å². The second kappa shape index (κ2) is 7.99. The van der Waals surface area contributed by atoms with Gasteiger partial charge in [-0.3, -0.25) is 4.79 Å². The molecule has 0 fully saturated rings. The van der Waals surface area contributed by atoms with Crippen molar-refractivity contribution >= 4 is 28.2 Å². The minimum atomic E-state index is -0.141. The second-order valence-electron chi connectivity index (χ2n) is 7.79. The van der Waals surface area contributed by atoms with Crippen LogP contribution in [-0.2, 0) is 0 Å². The minimum absolute atomic E-state index is 0.141. The van der Waals surface area contributed by atoms with Gasteiger partial charge in [0.2, 0.25) is 0 Å². The van der Waals surface area contributed by atoms with Gasteiger partial charge in [0.1, 0.15) is 0 Å². The third-order valence-corrected chi connectivity index (χ3v) is 5.26. The van der Waals surface area contributed by atoms with E-state index in [2.05, 4.69) is 37.4 Å².